The van der Waals surface area contributed by atoms with Crippen LogP contribution in [0.3, 0.4) is 0 Å². The maximum Gasteiger partial charge on any atom is 0.251 e. The summed E-state index contributed by atoms with van der Waals surface area (Å²) in [7, 11) is 1.17. The zero-order valence-corrected chi connectivity index (χ0v) is 13.7. The summed E-state index contributed by atoms with van der Waals surface area (Å²) < 4.78 is 37.6. The van der Waals surface area contributed by atoms with Crippen molar-refractivity contribution in [3.63, 3.8) is 0 Å². The smallest absolute Gasteiger partial charge is 0.251 e. The number of hydrogen-bond donors (Lipinski definition) is 1. The molecule has 25 heavy (non-hydrogen) atoms. The maximum absolute atomic E-state index is 13.8. The molecule has 0 spiro atoms. The van der Waals surface area contributed by atoms with Crippen LogP contribution in [0.25, 0.3) is 0 Å². The first-order valence-corrected chi connectivity index (χ1v) is 7.89. The molecular weight excluding hydrogens is 330 g/mol. The maximum atomic E-state index is 13.8. The van der Waals surface area contributed by atoms with Crippen LogP contribution in [-0.4, -0.2) is 37.3 Å². The van der Waals surface area contributed by atoms with Gasteiger partial charge in [-0.25, -0.2) is 8.78 Å². The van der Waals surface area contributed by atoms with Gasteiger partial charge in [-0.05, 0) is 36.2 Å². The number of benzene rings is 1. The lowest BCUT2D eigenvalue weighted by atomic mass is 9.95. The number of nitrogens with one attached hydrogen (secondary N) is 1. The molecule has 3 rings (SSSR count). The Morgan fingerprint density at radius 3 is 2.60 bits per heavy atom. The lowest BCUT2D eigenvalue weighted by Gasteiger charge is -2.19. The minimum atomic E-state index is -0.913. The van der Waals surface area contributed by atoms with Gasteiger partial charge in [0.1, 0.15) is 0 Å². The summed E-state index contributed by atoms with van der Waals surface area (Å²) >= 11 is 0. The molecule has 0 aliphatic carbocycles. The Labute approximate surface area is 144 Å². The third-order valence-electron chi connectivity index (χ3n) is 4.23. The van der Waals surface area contributed by atoms with Crippen LogP contribution < -0.4 is 10.1 Å². The quantitative estimate of drug-likeness (QED) is 0.901. The van der Waals surface area contributed by atoms with E-state index in [0.29, 0.717) is 13.2 Å². The Balaban J connectivity index is 1.69. The largest absolute Gasteiger partial charge is 0.491 e. The number of carbonyl (C=O) groups excluding carboxylic acids is 1. The van der Waals surface area contributed by atoms with Gasteiger partial charge in [-0.1, -0.05) is 0 Å². The van der Waals surface area contributed by atoms with Gasteiger partial charge in [0.15, 0.2) is 17.4 Å². The molecule has 1 aliphatic rings. The molecule has 5 nitrogen and oxygen atoms in total. The summed E-state index contributed by atoms with van der Waals surface area (Å²) in [6, 6.07) is 5.51. The summed E-state index contributed by atoms with van der Waals surface area (Å²) in [4.78, 5) is 16.3. The van der Waals surface area contributed by atoms with Crippen molar-refractivity contribution in [2.24, 2.45) is 5.92 Å². The van der Waals surface area contributed by atoms with Crippen molar-refractivity contribution in [2.75, 3.05) is 20.3 Å². The average molecular weight is 348 g/mol. The summed E-state index contributed by atoms with van der Waals surface area (Å²) in [5, 5.41) is 2.80. The summed E-state index contributed by atoms with van der Waals surface area (Å²) in [6.45, 7) is 0.876. The molecule has 7 heteroatoms. The molecule has 1 amide bonds. The number of aromatic nitrogens is 1. The van der Waals surface area contributed by atoms with Crippen LogP contribution in [0.5, 0.6) is 5.75 Å². The number of pyridine rings is 1. The second kappa shape index (κ2) is 7.57. The molecule has 0 radical (unpaired) electrons. The van der Waals surface area contributed by atoms with E-state index >= 15 is 0 Å². The second-order valence-corrected chi connectivity index (χ2v) is 5.91. The lowest BCUT2D eigenvalue weighted by molar-refractivity contribution is 0.0924. The van der Waals surface area contributed by atoms with Gasteiger partial charge in [0.25, 0.3) is 5.91 Å². The molecule has 1 fully saturated rings. The fourth-order valence-electron chi connectivity index (χ4n) is 2.92. The number of halogens is 2. The Hall–Kier alpha value is -2.54. The minimum absolute atomic E-state index is 0.0827. The number of amides is 1. The second-order valence-electron chi connectivity index (χ2n) is 5.91. The first-order valence-electron chi connectivity index (χ1n) is 7.89. The first-order chi connectivity index (χ1) is 12.1. The van der Waals surface area contributed by atoms with Crippen LogP contribution in [0.4, 0.5) is 8.78 Å². The number of methoxy groups -OCH3 is 1. The molecule has 1 saturated heterocycles. The Bertz CT molecular complexity index is 732. The van der Waals surface area contributed by atoms with Crippen molar-refractivity contribution in [1.29, 1.82) is 0 Å². The van der Waals surface area contributed by atoms with E-state index in [1.54, 1.807) is 12.4 Å². The van der Waals surface area contributed by atoms with Gasteiger partial charge in [0.05, 0.1) is 26.4 Å². The van der Waals surface area contributed by atoms with E-state index in [1.807, 2.05) is 12.1 Å². The van der Waals surface area contributed by atoms with E-state index in [1.165, 1.54) is 7.11 Å². The summed E-state index contributed by atoms with van der Waals surface area (Å²) in [6.07, 6.45) is 4.14. The van der Waals surface area contributed by atoms with Crippen LogP contribution in [0, 0.1) is 17.6 Å². The number of hydrogen-bond acceptors (Lipinski definition) is 4. The molecule has 2 heterocycles. The fraction of sp³-hybridized carbons (Fsp3) is 0.333. The molecule has 1 aliphatic heterocycles. The van der Waals surface area contributed by atoms with Gasteiger partial charge < -0.3 is 14.8 Å². The highest BCUT2D eigenvalue weighted by atomic mass is 19.1. The van der Waals surface area contributed by atoms with E-state index in [2.05, 4.69) is 15.0 Å². The van der Waals surface area contributed by atoms with Gasteiger partial charge in [-0.15, -0.1) is 0 Å². The van der Waals surface area contributed by atoms with E-state index in [0.717, 1.165) is 24.1 Å². The van der Waals surface area contributed by atoms with Crippen LogP contribution in [0.2, 0.25) is 0 Å². The normalized spacial score (nSPS) is 19.6. The van der Waals surface area contributed by atoms with E-state index in [4.69, 9.17) is 4.74 Å². The van der Waals surface area contributed by atoms with Crippen molar-refractivity contribution in [1.82, 2.24) is 10.3 Å². The molecule has 0 saturated carbocycles. The van der Waals surface area contributed by atoms with E-state index in [9.17, 15) is 13.6 Å². The molecule has 1 aromatic carbocycles. The molecule has 132 valence electrons. The molecule has 1 aromatic heterocycles. The molecular formula is C18H18F2N2O3. The van der Waals surface area contributed by atoms with Crippen molar-refractivity contribution < 1.29 is 23.0 Å². The Kier molecular flexibility index (Phi) is 5.23. The molecule has 1 N–H and O–H groups in total. The summed E-state index contributed by atoms with van der Waals surface area (Å²) in [5.74, 6) is -2.79. The van der Waals surface area contributed by atoms with Crippen molar-refractivity contribution in [3.8, 4) is 5.75 Å². The van der Waals surface area contributed by atoms with Gasteiger partial charge in [0, 0.05) is 23.9 Å². The first kappa shape index (κ1) is 17.3. The lowest BCUT2D eigenvalue weighted by Crippen LogP contribution is -2.40. The number of rotatable bonds is 5. The van der Waals surface area contributed by atoms with Gasteiger partial charge in [0.2, 0.25) is 0 Å². The highest BCUT2D eigenvalue weighted by molar-refractivity contribution is 5.94. The molecule has 2 aromatic rings. The highest BCUT2D eigenvalue weighted by Gasteiger charge is 2.30. The van der Waals surface area contributed by atoms with Crippen molar-refractivity contribution in [3.05, 3.63) is 59.4 Å². The highest BCUT2D eigenvalue weighted by Crippen LogP contribution is 2.24. The monoisotopic (exact) mass is 348 g/mol. The molecule has 0 bridgehead atoms. The van der Waals surface area contributed by atoms with Crippen LogP contribution >= 0.6 is 0 Å². The topological polar surface area (TPSA) is 60.5 Å². The predicted molar refractivity (Wildman–Crippen MR) is 86.4 cm³/mol. The number of nitrogens with zero attached hydrogens (tertiary/aromatic N) is 1. The standard InChI is InChI=1S/C18H18F2N2O3/c1-24-17-14(19)7-12(8-15(17)20)18(23)22-16-10-25-9-13(16)6-11-2-4-21-5-3-11/h2-5,7-8,13,16H,6,9-10H2,1H3,(H,22,23)/t13-,16-/m1/s1. The Morgan fingerprint density at radius 2 is 1.96 bits per heavy atom. The van der Waals surface area contributed by atoms with Gasteiger partial charge >= 0.3 is 0 Å². The Morgan fingerprint density at radius 1 is 1.28 bits per heavy atom. The van der Waals surface area contributed by atoms with E-state index < -0.39 is 23.3 Å². The van der Waals surface area contributed by atoms with Crippen LogP contribution in [-0.2, 0) is 11.2 Å². The zero-order chi connectivity index (χ0) is 17.8. The van der Waals surface area contributed by atoms with Crippen molar-refractivity contribution >= 4 is 5.91 Å². The fourth-order valence-corrected chi connectivity index (χ4v) is 2.92. The third-order valence-corrected chi connectivity index (χ3v) is 4.23. The third kappa shape index (κ3) is 3.93. The number of carbonyl (C=O) groups is 1. The van der Waals surface area contributed by atoms with Crippen LogP contribution in [0.15, 0.2) is 36.7 Å². The molecule has 0 unspecified atom stereocenters. The number of ether oxygens (including phenoxy) is 2. The molecule has 2 atom stereocenters. The summed E-state index contributed by atoms with van der Waals surface area (Å²) in [5.41, 5.74) is 0.997. The van der Waals surface area contributed by atoms with E-state index in [-0.39, 0.29) is 17.5 Å². The van der Waals surface area contributed by atoms with Gasteiger partial charge in [-0.2, -0.15) is 0 Å². The zero-order valence-electron chi connectivity index (χ0n) is 13.7. The van der Waals surface area contributed by atoms with Crippen molar-refractivity contribution in [2.45, 2.75) is 12.5 Å². The minimum Gasteiger partial charge on any atom is -0.491 e. The average Bonchev–Trinajstić information content (AvgIpc) is 3.02. The van der Waals surface area contributed by atoms with Gasteiger partial charge in [-0.3, -0.25) is 9.78 Å². The van der Waals surface area contributed by atoms with Crippen LogP contribution in [0.1, 0.15) is 15.9 Å². The predicted octanol–water partition coefficient (Wildman–Crippen LogP) is 2.36. The SMILES string of the molecule is COc1c(F)cc(C(=O)N[C@@H]2COC[C@H]2Cc2ccncc2)cc1F.